The van der Waals surface area contributed by atoms with Gasteiger partial charge in [0.15, 0.2) is 5.75 Å². The second-order valence-electron chi connectivity index (χ2n) is 7.88. The fraction of sp³-hybridized carbons (Fsp3) is 0.0769. The number of carbonyl (C=O) groups excluding carboxylic acids is 4. The molecule has 39 heavy (non-hydrogen) atoms. The van der Waals surface area contributed by atoms with Crippen molar-refractivity contribution in [2.45, 2.75) is 4.90 Å². The average Bonchev–Trinajstić information content (AvgIpc) is 2.92. The maximum absolute atomic E-state index is 13.2. The lowest BCUT2D eigenvalue weighted by atomic mass is 10.1. The van der Waals surface area contributed by atoms with Crippen LogP contribution in [-0.2, 0) is 24.4 Å². The predicted octanol–water partition coefficient (Wildman–Crippen LogP) is 3.57. The monoisotopic (exact) mass is 570 g/mol. The summed E-state index contributed by atoms with van der Waals surface area (Å²) in [5, 5.41) is 1.90. The van der Waals surface area contributed by atoms with Crippen LogP contribution in [0.15, 0.2) is 77.2 Å². The Kier molecular flexibility index (Phi) is 7.70. The minimum Gasteiger partial charge on any atom is -0.493 e. The number of esters is 1. The number of anilines is 1. The zero-order valence-corrected chi connectivity index (χ0v) is 21.9. The van der Waals surface area contributed by atoms with Gasteiger partial charge in [0, 0.05) is 0 Å². The lowest BCUT2D eigenvalue weighted by molar-refractivity contribution is -0.122. The molecular weight excluding hydrogens is 552 g/mol. The Balaban J connectivity index is 1.68. The molecule has 13 heteroatoms. The fourth-order valence-electron chi connectivity index (χ4n) is 3.57. The number of nitrogens with zero attached hydrogens (tertiary/aromatic N) is 1. The first kappa shape index (κ1) is 27.4. The van der Waals surface area contributed by atoms with Gasteiger partial charge in [-0.1, -0.05) is 29.8 Å². The van der Waals surface area contributed by atoms with Crippen molar-refractivity contribution < 1.29 is 41.3 Å². The molecule has 1 aliphatic heterocycles. The molecule has 4 amide bonds. The molecule has 1 saturated heterocycles. The van der Waals surface area contributed by atoms with Crippen LogP contribution in [0.4, 0.5) is 10.5 Å². The normalized spacial score (nSPS) is 14.7. The van der Waals surface area contributed by atoms with E-state index in [-0.39, 0.29) is 38.2 Å². The summed E-state index contributed by atoms with van der Waals surface area (Å²) in [7, 11) is -1.79. The molecule has 0 radical (unpaired) electrons. The van der Waals surface area contributed by atoms with Gasteiger partial charge in [-0.05, 0) is 60.2 Å². The van der Waals surface area contributed by atoms with E-state index in [4.69, 9.17) is 20.5 Å². The number of amides is 4. The largest absolute Gasteiger partial charge is 0.493 e. The number of ether oxygens (including phenoxy) is 2. The van der Waals surface area contributed by atoms with Crippen molar-refractivity contribution >= 4 is 57.3 Å². The van der Waals surface area contributed by atoms with E-state index >= 15 is 0 Å². The van der Waals surface area contributed by atoms with Crippen molar-refractivity contribution in [3.8, 4) is 11.5 Å². The molecule has 0 saturated carbocycles. The third-order valence-electron chi connectivity index (χ3n) is 5.44. The van der Waals surface area contributed by atoms with E-state index in [1.165, 1.54) is 74.9 Å². The van der Waals surface area contributed by atoms with Gasteiger partial charge < -0.3 is 13.7 Å². The Morgan fingerprint density at radius 1 is 0.974 bits per heavy atom. The SMILES string of the molecule is COC(=O)c1ccc(N2C(=O)NC(=O)/C(=C\c3cc(Cl)c(OS(=O)(=O)c4ccccc4)c(OC)c3)C2=O)cc1. The Bertz CT molecular complexity index is 1620. The fourth-order valence-corrected chi connectivity index (χ4v) is 4.85. The number of halogens is 1. The highest BCUT2D eigenvalue weighted by atomic mass is 35.5. The standard InChI is InChI=1S/C26H19ClN2O9S/c1-36-21-14-15(13-20(27)22(21)38-39(34,35)18-6-4-3-5-7-18)12-19-23(30)28-26(33)29(24(19)31)17-10-8-16(9-11-17)25(32)37-2/h3-14H,1-2H3,(H,28,30,33)/b19-12+. The average molecular weight is 571 g/mol. The van der Waals surface area contributed by atoms with Crippen LogP contribution in [-0.4, -0.2) is 46.5 Å². The van der Waals surface area contributed by atoms with E-state index in [0.717, 1.165) is 11.0 Å². The molecule has 0 bridgehead atoms. The Labute approximate surface area is 227 Å². The van der Waals surface area contributed by atoms with Crippen LogP contribution >= 0.6 is 11.6 Å². The van der Waals surface area contributed by atoms with Crippen LogP contribution in [0.25, 0.3) is 6.08 Å². The Hall–Kier alpha value is -4.68. The maximum Gasteiger partial charge on any atom is 0.339 e. The minimum atomic E-state index is -4.25. The number of methoxy groups -OCH3 is 2. The van der Waals surface area contributed by atoms with Crippen LogP contribution < -0.4 is 19.1 Å². The summed E-state index contributed by atoms with van der Waals surface area (Å²) in [5.74, 6) is -2.91. The highest BCUT2D eigenvalue weighted by Crippen LogP contribution is 2.39. The smallest absolute Gasteiger partial charge is 0.339 e. The molecule has 0 spiro atoms. The first-order valence-electron chi connectivity index (χ1n) is 11.0. The van der Waals surface area contributed by atoms with Crippen molar-refractivity contribution in [2.75, 3.05) is 19.1 Å². The van der Waals surface area contributed by atoms with E-state index in [9.17, 15) is 27.6 Å². The first-order chi connectivity index (χ1) is 18.6. The molecule has 3 aromatic carbocycles. The molecule has 1 aliphatic rings. The van der Waals surface area contributed by atoms with E-state index in [0.29, 0.717) is 0 Å². The molecule has 1 N–H and O–H groups in total. The summed E-state index contributed by atoms with van der Waals surface area (Å²) in [5.41, 5.74) is 0.0378. The molecule has 3 aromatic rings. The number of imide groups is 2. The zero-order chi connectivity index (χ0) is 28.3. The third-order valence-corrected chi connectivity index (χ3v) is 6.95. The topological polar surface area (TPSA) is 145 Å². The van der Waals surface area contributed by atoms with Gasteiger partial charge in [0.2, 0.25) is 5.75 Å². The summed E-state index contributed by atoms with van der Waals surface area (Å²) in [6.45, 7) is 0. The molecule has 0 unspecified atom stereocenters. The number of benzene rings is 3. The first-order valence-corrected chi connectivity index (χ1v) is 12.8. The number of carbonyl (C=O) groups is 4. The summed E-state index contributed by atoms with van der Waals surface area (Å²) >= 11 is 6.31. The number of hydrogen-bond donors (Lipinski definition) is 1. The number of urea groups is 1. The van der Waals surface area contributed by atoms with Crippen molar-refractivity contribution in [3.63, 3.8) is 0 Å². The van der Waals surface area contributed by atoms with Gasteiger partial charge in [-0.2, -0.15) is 8.42 Å². The van der Waals surface area contributed by atoms with Gasteiger partial charge in [-0.15, -0.1) is 0 Å². The molecule has 4 rings (SSSR count). The van der Waals surface area contributed by atoms with Gasteiger partial charge in [0.05, 0.1) is 30.5 Å². The highest BCUT2D eigenvalue weighted by Gasteiger charge is 2.37. The summed E-state index contributed by atoms with van der Waals surface area (Å²) in [4.78, 5) is 50.5. The van der Waals surface area contributed by atoms with Crippen LogP contribution in [0, 0.1) is 0 Å². The number of hydrogen-bond acceptors (Lipinski definition) is 9. The van der Waals surface area contributed by atoms with Crippen molar-refractivity contribution in [3.05, 3.63) is 88.5 Å². The maximum atomic E-state index is 13.2. The quantitative estimate of drug-likeness (QED) is 0.195. The molecule has 0 aliphatic carbocycles. The molecule has 1 fully saturated rings. The molecule has 11 nitrogen and oxygen atoms in total. The van der Waals surface area contributed by atoms with E-state index in [2.05, 4.69) is 10.1 Å². The number of barbiturate groups is 1. The summed E-state index contributed by atoms with van der Waals surface area (Å²) < 4.78 is 40.4. The summed E-state index contributed by atoms with van der Waals surface area (Å²) in [6.07, 6.45) is 1.16. The van der Waals surface area contributed by atoms with E-state index in [1.807, 2.05) is 0 Å². The van der Waals surface area contributed by atoms with Crippen LogP contribution in [0.2, 0.25) is 5.02 Å². The van der Waals surface area contributed by atoms with Crippen molar-refractivity contribution in [2.24, 2.45) is 0 Å². The number of nitrogens with one attached hydrogen (secondary N) is 1. The zero-order valence-electron chi connectivity index (χ0n) is 20.3. The highest BCUT2D eigenvalue weighted by molar-refractivity contribution is 7.87. The molecular formula is C26H19ClN2O9S. The van der Waals surface area contributed by atoms with Crippen molar-refractivity contribution in [1.29, 1.82) is 0 Å². The lowest BCUT2D eigenvalue weighted by Gasteiger charge is -2.26. The van der Waals surface area contributed by atoms with Crippen LogP contribution in [0.1, 0.15) is 15.9 Å². The third kappa shape index (κ3) is 5.61. The van der Waals surface area contributed by atoms with Gasteiger partial charge in [-0.3, -0.25) is 14.9 Å². The van der Waals surface area contributed by atoms with Gasteiger partial charge in [-0.25, -0.2) is 14.5 Å². The van der Waals surface area contributed by atoms with Crippen LogP contribution in [0.3, 0.4) is 0 Å². The second kappa shape index (κ2) is 11.0. The van der Waals surface area contributed by atoms with Gasteiger partial charge in [0.25, 0.3) is 11.8 Å². The molecule has 0 aromatic heterocycles. The molecule has 200 valence electrons. The minimum absolute atomic E-state index is 0.0917. The van der Waals surface area contributed by atoms with E-state index in [1.54, 1.807) is 6.07 Å². The Morgan fingerprint density at radius 3 is 2.26 bits per heavy atom. The Morgan fingerprint density at radius 2 is 1.64 bits per heavy atom. The second-order valence-corrected chi connectivity index (χ2v) is 9.83. The van der Waals surface area contributed by atoms with Crippen molar-refractivity contribution in [1.82, 2.24) is 5.32 Å². The summed E-state index contributed by atoms with van der Waals surface area (Å²) in [6, 6.07) is 14.4. The molecule has 1 heterocycles. The lowest BCUT2D eigenvalue weighted by Crippen LogP contribution is -2.54. The van der Waals surface area contributed by atoms with Gasteiger partial charge in [0.1, 0.15) is 10.5 Å². The van der Waals surface area contributed by atoms with Crippen LogP contribution in [0.5, 0.6) is 11.5 Å². The molecule has 0 atom stereocenters. The van der Waals surface area contributed by atoms with E-state index < -0.39 is 39.5 Å². The number of rotatable bonds is 7. The van der Waals surface area contributed by atoms with Gasteiger partial charge >= 0.3 is 22.1 Å². The predicted molar refractivity (Wildman–Crippen MR) is 139 cm³/mol.